The van der Waals surface area contributed by atoms with Crippen LogP contribution in [0, 0.1) is 5.92 Å². The van der Waals surface area contributed by atoms with E-state index in [0.29, 0.717) is 36.3 Å². The SMILES string of the molecule is CCOc1cc(CNC(C(=O)O)C(C)C)ccc1OCc1ccc(Cl)cc1. The molecule has 0 saturated carbocycles. The van der Waals surface area contributed by atoms with Gasteiger partial charge in [0.05, 0.1) is 6.61 Å². The van der Waals surface area contributed by atoms with Gasteiger partial charge in [0.25, 0.3) is 0 Å². The van der Waals surface area contributed by atoms with E-state index in [4.69, 9.17) is 21.1 Å². The van der Waals surface area contributed by atoms with Crippen LogP contribution < -0.4 is 14.8 Å². The minimum Gasteiger partial charge on any atom is -0.490 e. The molecule has 0 heterocycles. The molecule has 1 atom stereocenters. The molecule has 2 rings (SSSR count). The van der Waals surface area contributed by atoms with Gasteiger partial charge in [0.2, 0.25) is 0 Å². The molecule has 0 aromatic heterocycles. The maximum atomic E-state index is 11.3. The van der Waals surface area contributed by atoms with E-state index in [1.54, 1.807) is 0 Å². The Balaban J connectivity index is 2.06. The fourth-order valence-corrected chi connectivity index (χ4v) is 2.75. The summed E-state index contributed by atoms with van der Waals surface area (Å²) in [6.07, 6.45) is 0. The maximum absolute atomic E-state index is 11.3. The Labute approximate surface area is 165 Å². The number of carboxylic acid groups (broad SMARTS) is 1. The Morgan fingerprint density at radius 3 is 2.33 bits per heavy atom. The highest BCUT2D eigenvalue weighted by Crippen LogP contribution is 2.29. The molecule has 146 valence electrons. The Hall–Kier alpha value is -2.24. The van der Waals surface area contributed by atoms with E-state index in [2.05, 4.69) is 5.32 Å². The van der Waals surface area contributed by atoms with Crippen LogP contribution in [0.1, 0.15) is 31.9 Å². The summed E-state index contributed by atoms with van der Waals surface area (Å²) < 4.78 is 11.6. The van der Waals surface area contributed by atoms with E-state index in [9.17, 15) is 9.90 Å². The zero-order chi connectivity index (χ0) is 19.8. The zero-order valence-corrected chi connectivity index (χ0v) is 16.6. The van der Waals surface area contributed by atoms with Gasteiger partial charge in [0.1, 0.15) is 12.6 Å². The first-order chi connectivity index (χ1) is 12.9. The van der Waals surface area contributed by atoms with Crippen LogP contribution in [-0.4, -0.2) is 23.7 Å². The predicted octanol–water partition coefficient (Wildman–Crippen LogP) is 4.52. The van der Waals surface area contributed by atoms with Crippen LogP contribution in [-0.2, 0) is 17.9 Å². The van der Waals surface area contributed by atoms with Crippen LogP contribution in [0.15, 0.2) is 42.5 Å². The molecule has 0 aliphatic carbocycles. The first-order valence-electron chi connectivity index (χ1n) is 8.99. The van der Waals surface area contributed by atoms with Gasteiger partial charge in [-0.2, -0.15) is 0 Å². The van der Waals surface area contributed by atoms with Gasteiger partial charge in [-0.25, -0.2) is 0 Å². The summed E-state index contributed by atoms with van der Waals surface area (Å²) in [4.78, 5) is 11.3. The van der Waals surface area contributed by atoms with Crippen LogP contribution in [0.2, 0.25) is 5.02 Å². The summed E-state index contributed by atoms with van der Waals surface area (Å²) in [7, 11) is 0. The average molecular weight is 392 g/mol. The predicted molar refractivity (Wildman–Crippen MR) is 106 cm³/mol. The van der Waals surface area contributed by atoms with E-state index in [1.165, 1.54) is 0 Å². The lowest BCUT2D eigenvalue weighted by molar-refractivity contribution is -0.140. The van der Waals surface area contributed by atoms with Crippen molar-refractivity contribution in [3.8, 4) is 11.5 Å². The molecule has 0 spiro atoms. The number of aliphatic carboxylic acids is 1. The number of rotatable bonds is 10. The van der Waals surface area contributed by atoms with Gasteiger partial charge in [-0.3, -0.25) is 4.79 Å². The highest BCUT2D eigenvalue weighted by Gasteiger charge is 2.20. The molecule has 0 aliphatic rings. The summed E-state index contributed by atoms with van der Waals surface area (Å²) >= 11 is 5.90. The average Bonchev–Trinajstić information content (AvgIpc) is 2.62. The maximum Gasteiger partial charge on any atom is 0.320 e. The van der Waals surface area contributed by atoms with Crippen LogP contribution in [0.25, 0.3) is 0 Å². The van der Waals surface area contributed by atoms with Crippen molar-refractivity contribution in [2.75, 3.05) is 6.61 Å². The van der Waals surface area contributed by atoms with E-state index in [1.807, 2.05) is 63.2 Å². The Morgan fingerprint density at radius 1 is 1.07 bits per heavy atom. The second-order valence-corrected chi connectivity index (χ2v) is 7.01. The van der Waals surface area contributed by atoms with Gasteiger partial charge in [-0.1, -0.05) is 43.6 Å². The van der Waals surface area contributed by atoms with E-state index in [-0.39, 0.29) is 5.92 Å². The van der Waals surface area contributed by atoms with Crippen LogP contribution >= 0.6 is 11.6 Å². The molecule has 0 radical (unpaired) electrons. The number of carbonyl (C=O) groups is 1. The van der Waals surface area contributed by atoms with Crippen LogP contribution in [0.3, 0.4) is 0 Å². The summed E-state index contributed by atoms with van der Waals surface area (Å²) in [5.41, 5.74) is 1.94. The van der Waals surface area contributed by atoms with Gasteiger partial charge in [0, 0.05) is 11.6 Å². The Kier molecular flexibility index (Phi) is 7.95. The third-order valence-corrected chi connectivity index (χ3v) is 4.33. The fraction of sp³-hybridized carbons (Fsp3) is 0.381. The molecule has 0 bridgehead atoms. The number of carboxylic acids is 1. The van der Waals surface area contributed by atoms with Gasteiger partial charge < -0.3 is 19.9 Å². The van der Waals surface area contributed by atoms with Gasteiger partial charge in [-0.15, -0.1) is 0 Å². The van der Waals surface area contributed by atoms with Crippen LogP contribution in [0.5, 0.6) is 11.5 Å². The lowest BCUT2D eigenvalue weighted by Gasteiger charge is -2.19. The molecule has 1 unspecified atom stereocenters. The largest absolute Gasteiger partial charge is 0.490 e. The molecular weight excluding hydrogens is 366 g/mol. The Bertz CT molecular complexity index is 746. The summed E-state index contributed by atoms with van der Waals surface area (Å²) in [6, 6.07) is 12.5. The number of halogens is 1. The number of hydrogen-bond donors (Lipinski definition) is 2. The number of hydrogen-bond acceptors (Lipinski definition) is 4. The quantitative estimate of drug-likeness (QED) is 0.623. The van der Waals surface area contributed by atoms with Gasteiger partial charge in [0.15, 0.2) is 11.5 Å². The molecular formula is C21H26ClNO4. The first-order valence-corrected chi connectivity index (χ1v) is 9.37. The van der Waals surface area contributed by atoms with Crippen molar-refractivity contribution in [3.63, 3.8) is 0 Å². The first kappa shape index (κ1) is 21.1. The smallest absolute Gasteiger partial charge is 0.320 e. The molecule has 0 saturated heterocycles. The minimum absolute atomic E-state index is 0.00385. The highest BCUT2D eigenvalue weighted by atomic mass is 35.5. The molecule has 0 fully saturated rings. The lowest BCUT2D eigenvalue weighted by Crippen LogP contribution is -2.40. The van der Waals surface area contributed by atoms with Gasteiger partial charge >= 0.3 is 5.97 Å². The molecule has 2 aromatic carbocycles. The monoisotopic (exact) mass is 391 g/mol. The van der Waals surface area contributed by atoms with Crippen LogP contribution in [0.4, 0.5) is 0 Å². The van der Waals surface area contributed by atoms with Crippen molar-refractivity contribution < 1.29 is 19.4 Å². The van der Waals surface area contributed by atoms with Crippen molar-refractivity contribution in [3.05, 3.63) is 58.6 Å². The van der Waals surface area contributed by atoms with E-state index in [0.717, 1.165) is 11.1 Å². The minimum atomic E-state index is -0.849. The lowest BCUT2D eigenvalue weighted by atomic mass is 10.0. The topological polar surface area (TPSA) is 67.8 Å². The summed E-state index contributed by atoms with van der Waals surface area (Å²) in [5, 5.41) is 13.0. The van der Waals surface area contributed by atoms with E-state index < -0.39 is 12.0 Å². The van der Waals surface area contributed by atoms with Crippen molar-refractivity contribution >= 4 is 17.6 Å². The number of benzene rings is 2. The van der Waals surface area contributed by atoms with Crippen molar-refractivity contribution in [2.45, 2.75) is 40.0 Å². The number of ether oxygens (including phenoxy) is 2. The molecule has 2 aromatic rings. The molecule has 0 aliphatic heterocycles. The third kappa shape index (κ3) is 6.45. The third-order valence-electron chi connectivity index (χ3n) is 4.07. The van der Waals surface area contributed by atoms with Crippen molar-refractivity contribution in [2.24, 2.45) is 5.92 Å². The van der Waals surface area contributed by atoms with E-state index >= 15 is 0 Å². The molecule has 27 heavy (non-hydrogen) atoms. The van der Waals surface area contributed by atoms with Crippen molar-refractivity contribution in [1.29, 1.82) is 0 Å². The second kappa shape index (κ2) is 10.2. The zero-order valence-electron chi connectivity index (χ0n) is 15.9. The highest BCUT2D eigenvalue weighted by molar-refractivity contribution is 6.30. The molecule has 0 amide bonds. The summed E-state index contributed by atoms with van der Waals surface area (Å²) in [5.74, 6) is 0.435. The summed E-state index contributed by atoms with van der Waals surface area (Å²) in [6.45, 7) is 7.03. The second-order valence-electron chi connectivity index (χ2n) is 6.57. The molecule has 5 nitrogen and oxygen atoms in total. The van der Waals surface area contributed by atoms with Crippen molar-refractivity contribution in [1.82, 2.24) is 5.32 Å². The number of nitrogens with one attached hydrogen (secondary N) is 1. The Morgan fingerprint density at radius 2 is 1.74 bits per heavy atom. The standard InChI is InChI=1S/C21H26ClNO4/c1-4-26-19-11-16(12-23-20(14(2)3)21(24)25)7-10-18(19)27-13-15-5-8-17(22)9-6-15/h5-11,14,20,23H,4,12-13H2,1-3H3,(H,24,25). The van der Waals surface area contributed by atoms with Gasteiger partial charge in [-0.05, 0) is 48.2 Å². The normalized spacial score (nSPS) is 12.0. The molecule has 2 N–H and O–H groups in total. The molecule has 6 heteroatoms. The fourth-order valence-electron chi connectivity index (χ4n) is 2.63.